The number of unbranched alkanes of at least 4 members (excludes halogenated alkanes) is 3. The number of nitrogens with one attached hydrogen (secondary N) is 1. The molecular formula is C14H30IN. The molecule has 0 rings (SSSR count). The van der Waals surface area contributed by atoms with Gasteiger partial charge in [0.25, 0.3) is 0 Å². The smallest absolute Gasteiger partial charge is 0.000463 e. The van der Waals surface area contributed by atoms with Crippen LogP contribution in [-0.2, 0) is 0 Å². The average Bonchev–Trinajstić information content (AvgIpc) is 2.32. The van der Waals surface area contributed by atoms with Crippen LogP contribution < -0.4 is 5.32 Å². The Morgan fingerprint density at radius 1 is 0.938 bits per heavy atom. The summed E-state index contributed by atoms with van der Waals surface area (Å²) >= 11 is 2.49. The van der Waals surface area contributed by atoms with Gasteiger partial charge in [-0.3, -0.25) is 0 Å². The third-order valence-electron chi connectivity index (χ3n) is 3.26. The van der Waals surface area contributed by atoms with E-state index < -0.39 is 0 Å². The van der Waals surface area contributed by atoms with Crippen LogP contribution in [0.5, 0.6) is 0 Å². The molecule has 0 bridgehead atoms. The standard InChI is InChI=1S/C14H30IN/c1-3-5-6-7-12-16-13-10-14(4-2)9-8-11-15/h14,16H,3-13H2,1-2H3. The Kier molecular flexibility index (Phi) is 14.3. The second kappa shape index (κ2) is 13.8. The normalized spacial score (nSPS) is 12.9. The molecule has 0 aliphatic rings. The van der Waals surface area contributed by atoms with Crippen LogP contribution in [0.15, 0.2) is 0 Å². The van der Waals surface area contributed by atoms with Gasteiger partial charge >= 0.3 is 0 Å². The van der Waals surface area contributed by atoms with Crippen molar-refractivity contribution >= 4 is 22.6 Å². The number of rotatable bonds is 12. The van der Waals surface area contributed by atoms with Gasteiger partial charge in [0.1, 0.15) is 0 Å². The average molecular weight is 339 g/mol. The second-order valence-corrected chi connectivity index (χ2v) is 5.78. The first kappa shape index (κ1) is 16.7. The Morgan fingerprint density at radius 3 is 2.38 bits per heavy atom. The fraction of sp³-hybridized carbons (Fsp3) is 1.00. The van der Waals surface area contributed by atoms with E-state index in [1.165, 1.54) is 68.9 Å². The number of alkyl halides is 1. The summed E-state index contributed by atoms with van der Waals surface area (Å²) in [5.74, 6) is 0.956. The van der Waals surface area contributed by atoms with Crippen LogP contribution in [0.3, 0.4) is 0 Å². The third-order valence-corrected chi connectivity index (χ3v) is 4.02. The largest absolute Gasteiger partial charge is 0.317 e. The van der Waals surface area contributed by atoms with Crippen molar-refractivity contribution in [1.82, 2.24) is 5.32 Å². The summed E-state index contributed by atoms with van der Waals surface area (Å²) in [5.41, 5.74) is 0. The lowest BCUT2D eigenvalue weighted by Gasteiger charge is -2.14. The maximum atomic E-state index is 3.58. The zero-order chi connectivity index (χ0) is 12.1. The van der Waals surface area contributed by atoms with Crippen LogP contribution >= 0.6 is 22.6 Å². The van der Waals surface area contributed by atoms with Crippen molar-refractivity contribution in [2.24, 2.45) is 5.92 Å². The lowest BCUT2D eigenvalue weighted by atomic mass is 9.97. The molecule has 0 aliphatic carbocycles. The van der Waals surface area contributed by atoms with E-state index in [0.29, 0.717) is 0 Å². The van der Waals surface area contributed by atoms with Gasteiger partial charge in [0.05, 0.1) is 0 Å². The molecule has 1 nitrogen and oxygen atoms in total. The predicted octanol–water partition coefficient (Wildman–Crippen LogP) is 4.79. The van der Waals surface area contributed by atoms with Crippen LogP contribution in [0.2, 0.25) is 0 Å². The summed E-state index contributed by atoms with van der Waals surface area (Å²) in [6.45, 7) is 7.06. The van der Waals surface area contributed by atoms with Crippen molar-refractivity contribution in [3.8, 4) is 0 Å². The van der Waals surface area contributed by atoms with Crippen molar-refractivity contribution < 1.29 is 0 Å². The summed E-state index contributed by atoms with van der Waals surface area (Å²) in [4.78, 5) is 0. The van der Waals surface area contributed by atoms with Gasteiger partial charge in [-0.15, -0.1) is 0 Å². The number of hydrogen-bond donors (Lipinski definition) is 1. The molecule has 16 heavy (non-hydrogen) atoms. The van der Waals surface area contributed by atoms with Gasteiger partial charge in [-0.2, -0.15) is 0 Å². The molecule has 0 aromatic carbocycles. The first-order valence-corrected chi connectivity index (χ1v) is 8.64. The van der Waals surface area contributed by atoms with E-state index in [9.17, 15) is 0 Å². The summed E-state index contributed by atoms with van der Waals surface area (Å²) in [5, 5.41) is 3.58. The van der Waals surface area contributed by atoms with Crippen molar-refractivity contribution in [1.29, 1.82) is 0 Å². The summed E-state index contributed by atoms with van der Waals surface area (Å²) in [7, 11) is 0. The van der Waals surface area contributed by atoms with Gasteiger partial charge in [0.15, 0.2) is 0 Å². The van der Waals surface area contributed by atoms with Crippen LogP contribution in [0.1, 0.15) is 65.2 Å². The molecule has 2 heteroatoms. The molecule has 0 aromatic rings. The van der Waals surface area contributed by atoms with Gasteiger partial charge in [-0.05, 0) is 49.1 Å². The second-order valence-electron chi connectivity index (χ2n) is 4.70. The molecule has 98 valence electrons. The zero-order valence-electron chi connectivity index (χ0n) is 11.2. The molecule has 1 atom stereocenters. The number of halogens is 1. The molecule has 1 unspecified atom stereocenters. The molecule has 0 radical (unpaired) electrons. The van der Waals surface area contributed by atoms with Gasteiger partial charge in [-0.1, -0.05) is 62.1 Å². The molecule has 0 saturated heterocycles. The highest BCUT2D eigenvalue weighted by Gasteiger charge is 2.04. The molecule has 0 spiro atoms. The first-order valence-electron chi connectivity index (χ1n) is 7.11. The van der Waals surface area contributed by atoms with Crippen LogP contribution in [0.4, 0.5) is 0 Å². The topological polar surface area (TPSA) is 12.0 Å². The first-order chi connectivity index (χ1) is 7.85. The van der Waals surface area contributed by atoms with E-state index in [0.717, 1.165) is 5.92 Å². The minimum absolute atomic E-state index is 0.956. The molecule has 0 heterocycles. The van der Waals surface area contributed by atoms with E-state index in [4.69, 9.17) is 0 Å². The molecule has 0 fully saturated rings. The highest BCUT2D eigenvalue weighted by molar-refractivity contribution is 14.1. The van der Waals surface area contributed by atoms with E-state index >= 15 is 0 Å². The molecule has 0 saturated carbocycles. The Hall–Kier alpha value is 0.690. The molecule has 0 amide bonds. The van der Waals surface area contributed by atoms with Gasteiger partial charge < -0.3 is 5.32 Å². The summed E-state index contributed by atoms with van der Waals surface area (Å²) in [6, 6.07) is 0. The quantitative estimate of drug-likeness (QED) is 0.306. The van der Waals surface area contributed by atoms with Crippen molar-refractivity contribution in [2.45, 2.75) is 65.2 Å². The van der Waals surface area contributed by atoms with Crippen molar-refractivity contribution in [3.63, 3.8) is 0 Å². The van der Waals surface area contributed by atoms with Crippen LogP contribution in [0.25, 0.3) is 0 Å². The van der Waals surface area contributed by atoms with E-state index in [-0.39, 0.29) is 0 Å². The van der Waals surface area contributed by atoms with E-state index in [2.05, 4.69) is 41.8 Å². The lowest BCUT2D eigenvalue weighted by Crippen LogP contribution is -2.19. The van der Waals surface area contributed by atoms with Crippen LogP contribution in [0, 0.1) is 5.92 Å². The summed E-state index contributed by atoms with van der Waals surface area (Å²) in [6.07, 6.45) is 11.1. The van der Waals surface area contributed by atoms with E-state index in [1.807, 2.05) is 0 Å². The highest BCUT2D eigenvalue weighted by atomic mass is 127. The fourth-order valence-electron chi connectivity index (χ4n) is 2.03. The third kappa shape index (κ3) is 11.2. The Bertz CT molecular complexity index is 128. The highest BCUT2D eigenvalue weighted by Crippen LogP contribution is 2.15. The SMILES string of the molecule is CCCCCCNCCC(CC)CCCI. The maximum Gasteiger partial charge on any atom is -0.000463 e. The molecule has 1 N–H and O–H groups in total. The maximum absolute atomic E-state index is 3.58. The Balaban J connectivity index is 3.20. The minimum atomic E-state index is 0.956. The minimum Gasteiger partial charge on any atom is -0.317 e. The van der Waals surface area contributed by atoms with Gasteiger partial charge in [0, 0.05) is 0 Å². The van der Waals surface area contributed by atoms with Crippen LogP contribution in [-0.4, -0.2) is 17.5 Å². The van der Waals surface area contributed by atoms with Crippen molar-refractivity contribution in [2.75, 3.05) is 17.5 Å². The Morgan fingerprint density at radius 2 is 1.75 bits per heavy atom. The molecular weight excluding hydrogens is 309 g/mol. The van der Waals surface area contributed by atoms with Gasteiger partial charge in [0.2, 0.25) is 0 Å². The Labute approximate surface area is 116 Å². The fourth-order valence-corrected chi connectivity index (χ4v) is 2.47. The van der Waals surface area contributed by atoms with E-state index in [1.54, 1.807) is 0 Å². The van der Waals surface area contributed by atoms with Crippen molar-refractivity contribution in [3.05, 3.63) is 0 Å². The molecule has 0 aliphatic heterocycles. The molecule has 0 aromatic heterocycles. The number of hydrogen-bond acceptors (Lipinski definition) is 1. The zero-order valence-corrected chi connectivity index (χ0v) is 13.4. The summed E-state index contributed by atoms with van der Waals surface area (Å²) < 4.78 is 1.32. The predicted molar refractivity (Wildman–Crippen MR) is 83.5 cm³/mol. The lowest BCUT2D eigenvalue weighted by molar-refractivity contribution is 0.419. The monoisotopic (exact) mass is 339 g/mol. The van der Waals surface area contributed by atoms with Gasteiger partial charge in [-0.25, -0.2) is 0 Å².